The molecule has 3 N–H and O–H groups in total. The monoisotopic (exact) mass is 368 g/mol. The molecule has 1 unspecified atom stereocenters. The highest BCUT2D eigenvalue weighted by Crippen LogP contribution is 2.10. The van der Waals surface area contributed by atoms with Crippen LogP contribution >= 0.6 is 12.6 Å². The third-order valence-electron chi connectivity index (χ3n) is 3.44. The SMILES string of the molecule is CCCCC/C=C\C[C@@H](O)/C=C/C=C/C=C\[C@@H](O)CC(S)CC(=O)O. The van der Waals surface area contributed by atoms with Gasteiger partial charge in [0, 0.05) is 5.25 Å². The average molecular weight is 369 g/mol. The zero-order valence-electron chi connectivity index (χ0n) is 15.0. The molecule has 0 spiro atoms. The van der Waals surface area contributed by atoms with Gasteiger partial charge in [-0.2, -0.15) is 12.6 Å². The van der Waals surface area contributed by atoms with Crippen molar-refractivity contribution in [1.82, 2.24) is 0 Å². The van der Waals surface area contributed by atoms with Crippen LogP contribution in [0.3, 0.4) is 0 Å². The smallest absolute Gasteiger partial charge is 0.304 e. The summed E-state index contributed by atoms with van der Waals surface area (Å²) in [5.41, 5.74) is 0. The first-order valence-electron chi connectivity index (χ1n) is 8.88. The molecular formula is C20H32O4S. The van der Waals surface area contributed by atoms with E-state index in [2.05, 4.69) is 25.6 Å². The average Bonchev–Trinajstić information content (AvgIpc) is 2.53. The Morgan fingerprint density at radius 3 is 2.24 bits per heavy atom. The molecule has 0 saturated heterocycles. The Labute approximate surface area is 157 Å². The van der Waals surface area contributed by atoms with Crippen molar-refractivity contribution in [3.05, 3.63) is 48.6 Å². The first-order chi connectivity index (χ1) is 12.0. The normalized spacial score (nSPS) is 16.3. The molecule has 3 atom stereocenters. The molecule has 0 aromatic carbocycles. The Morgan fingerprint density at radius 2 is 1.64 bits per heavy atom. The van der Waals surface area contributed by atoms with Gasteiger partial charge in [-0.1, -0.05) is 68.4 Å². The van der Waals surface area contributed by atoms with Gasteiger partial charge in [0.05, 0.1) is 18.6 Å². The number of aliphatic hydroxyl groups excluding tert-OH is 2. The number of hydrogen-bond donors (Lipinski definition) is 4. The highest BCUT2D eigenvalue weighted by Gasteiger charge is 2.11. The van der Waals surface area contributed by atoms with Crippen LogP contribution < -0.4 is 0 Å². The lowest BCUT2D eigenvalue weighted by atomic mass is 10.1. The van der Waals surface area contributed by atoms with Crippen LogP contribution in [0.25, 0.3) is 0 Å². The van der Waals surface area contributed by atoms with Crippen LogP contribution in [0.15, 0.2) is 48.6 Å². The van der Waals surface area contributed by atoms with Crippen LogP contribution in [0.5, 0.6) is 0 Å². The van der Waals surface area contributed by atoms with E-state index in [1.807, 2.05) is 6.08 Å². The highest BCUT2D eigenvalue weighted by molar-refractivity contribution is 7.81. The van der Waals surface area contributed by atoms with E-state index in [1.54, 1.807) is 36.5 Å². The Kier molecular flexibility index (Phi) is 15.3. The van der Waals surface area contributed by atoms with Gasteiger partial charge in [-0.05, 0) is 25.7 Å². The van der Waals surface area contributed by atoms with Crippen molar-refractivity contribution in [3.63, 3.8) is 0 Å². The lowest BCUT2D eigenvalue weighted by Gasteiger charge is -2.10. The van der Waals surface area contributed by atoms with E-state index in [-0.39, 0.29) is 11.7 Å². The van der Waals surface area contributed by atoms with E-state index in [0.717, 1.165) is 6.42 Å². The van der Waals surface area contributed by atoms with Crippen molar-refractivity contribution in [2.45, 2.75) is 69.3 Å². The number of carbonyl (C=O) groups is 1. The Bertz CT molecular complexity index is 455. The second-order valence-corrected chi connectivity index (χ2v) is 6.71. The topological polar surface area (TPSA) is 77.8 Å². The van der Waals surface area contributed by atoms with Crippen LogP contribution in [-0.4, -0.2) is 38.7 Å². The lowest BCUT2D eigenvalue weighted by molar-refractivity contribution is -0.137. The zero-order chi connectivity index (χ0) is 18.9. The van der Waals surface area contributed by atoms with Crippen molar-refractivity contribution in [2.24, 2.45) is 0 Å². The molecule has 4 nitrogen and oxygen atoms in total. The molecule has 0 aliphatic rings. The minimum Gasteiger partial charge on any atom is -0.481 e. The van der Waals surface area contributed by atoms with Crippen molar-refractivity contribution < 1.29 is 20.1 Å². The molecule has 0 bridgehead atoms. The predicted octanol–water partition coefficient (Wildman–Crippen LogP) is 4.07. The number of unbranched alkanes of at least 4 members (excludes halogenated alkanes) is 3. The number of hydrogen-bond acceptors (Lipinski definition) is 4. The quantitative estimate of drug-likeness (QED) is 0.161. The predicted molar refractivity (Wildman–Crippen MR) is 107 cm³/mol. The summed E-state index contributed by atoms with van der Waals surface area (Å²) in [5, 5.41) is 27.8. The van der Waals surface area contributed by atoms with Gasteiger partial charge in [0.1, 0.15) is 0 Å². The van der Waals surface area contributed by atoms with E-state index >= 15 is 0 Å². The van der Waals surface area contributed by atoms with Gasteiger partial charge in [0.15, 0.2) is 0 Å². The van der Waals surface area contributed by atoms with Gasteiger partial charge in [-0.15, -0.1) is 0 Å². The van der Waals surface area contributed by atoms with Crippen molar-refractivity contribution in [3.8, 4) is 0 Å². The maximum Gasteiger partial charge on any atom is 0.304 e. The second kappa shape index (κ2) is 16.2. The molecule has 0 amide bonds. The molecule has 0 aromatic heterocycles. The molecule has 0 saturated carbocycles. The first kappa shape index (κ1) is 23.7. The molecule has 0 heterocycles. The number of carboxylic acid groups (broad SMARTS) is 1. The largest absolute Gasteiger partial charge is 0.481 e. The maximum absolute atomic E-state index is 10.5. The fourth-order valence-corrected chi connectivity index (χ4v) is 2.47. The molecule has 0 aliphatic carbocycles. The van der Waals surface area contributed by atoms with Gasteiger partial charge >= 0.3 is 5.97 Å². The number of allylic oxidation sites excluding steroid dienone is 5. The second-order valence-electron chi connectivity index (χ2n) is 5.98. The van der Waals surface area contributed by atoms with Crippen molar-refractivity contribution in [2.75, 3.05) is 0 Å². The third kappa shape index (κ3) is 17.3. The Balaban J connectivity index is 3.93. The Morgan fingerprint density at radius 1 is 1.00 bits per heavy atom. The summed E-state index contributed by atoms with van der Waals surface area (Å²) in [6.45, 7) is 2.18. The van der Waals surface area contributed by atoms with Gasteiger partial charge in [0.25, 0.3) is 0 Å². The van der Waals surface area contributed by atoms with Crippen LogP contribution in [-0.2, 0) is 4.79 Å². The van der Waals surface area contributed by atoms with Gasteiger partial charge < -0.3 is 15.3 Å². The number of aliphatic hydroxyl groups is 2. The fourth-order valence-electron chi connectivity index (χ4n) is 2.10. The molecule has 25 heavy (non-hydrogen) atoms. The summed E-state index contributed by atoms with van der Waals surface area (Å²) < 4.78 is 0. The van der Waals surface area contributed by atoms with Crippen LogP contribution in [0.4, 0.5) is 0 Å². The van der Waals surface area contributed by atoms with Crippen LogP contribution in [0, 0.1) is 0 Å². The third-order valence-corrected chi connectivity index (χ3v) is 3.84. The van der Waals surface area contributed by atoms with E-state index in [9.17, 15) is 15.0 Å². The van der Waals surface area contributed by atoms with E-state index in [1.165, 1.54) is 19.3 Å². The molecular weight excluding hydrogens is 336 g/mol. The molecule has 0 rings (SSSR count). The summed E-state index contributed by atoms with van der Waals surface area (Å²) in [6, 6.07) is 0. The summed E-state index contributed by atoms with van der Waals surface area (Å²) in [4.78, 5) is 10.5. The molecule has 0 fully saturated rings. The summed E-state index contributed by atoms with van der Waals surface area (Å²) in [7, 11) is 0. The van der Waals surface area contributed by atoms with Gasteiger partial charge in [-0.3, -0.25) is 4.79 Å². The van der Waals surface area contributed by atoms with Crippen LogP contribution in [0.2, 0.25) is 0 Å². The molecule has 142 valence electrons. The fraction of sp³-hybridized carbons (Fsp3) is 0.550. The van der Waals surface area contributed by atoms with Crippen molar-refractivity contribution in [1.29, 1.82) is 0 Å². The number of aliphatic carboxylic acids is 1. The number of thiol groups is 1. The number of rotatable bonds is 14. The standard InChI is InChI=1S/C20H32O4S/c1-2-3-4-5-6-9-12-17(21)13-10-7-8-11-14-18(22)15-19(25)16-20(23)24/h6-11,13-14,17-19,21-22,25H,2-5,12,15-16H2,1H3,(H,23,24)/b8-7+,9-6-,13-10+,14-11-/t17-,18-,19?/m1/s1. The highest BCUT2D eigenvalue weighted by atomic mass is 32.1. The minimum absolute atomic E-state index is 0.0719. The number of carboxylic acids is 1. The maximum atomic E-state index is 10.5. The minimum atomic E-state index is -0.921. The van der Waals surface area contributed by atoms with Crippen LogP contribution in [0.1, 0.15) is 51.9 Å². The van der Waals surface area contributed by atoms with Crippen molar-refractivity contribution >= 4 is 18.6 Å². The lowest BCUT2D eigenvalue weighted by Crippen LogP contribution is -2.14. The van der Waals surface area contributed by atoms with Gasteiger partial charge in [0.2, 0.25) is 0 Å². The van der Waals surface area contributed by atoms with E-state index in [0.29, 0.717) is 12.8 Å². The van der Waals surface area contributed by atoms with E-state index < -0.39 is 18.2 Å². The summed E-state index contributed by atoms with van der Waals surface area (Å²) in [6.07, 6.45) is 18.7. The summed E-state index contributed by atoms with van der Waals surface area (Å²) in [5.74, 6) is -0.921. The van der Waals surface area contributed by atoms with Gasteiger partial charge in [-0.25, -0.2) is 0 Å². The first-order valence-corrected chi connectivity index (χ1v) is 9.40. The molecule has 5 heteroatoms. The molecule has 0 aromatic rings. The zero-order valence-corrected chi connectivity index (χ0v) is 15.9. The molecule has 0 aliphatic heterocycles. The molecule has 0 radical (unpaired) electrons. The van der Waals surface area contributed by atoms with E-state index in [4.69, 9.17) is 5.11 Å². The summed E-state index contributed by atoms with van der Waals surface area (Å²) >= 11 is 4.12. The Hall–Kier alpha value is -1.30.